The monoisotopic (exact) mass is 205 g/mol. The lowest BCUT2D eigenvalue weighted by molar-refractivity contribution is 0.217. The second-order valence-electron chi connectivity index (χ2n) is 4.26. The fraction of sp³-hybridized carbons (Fsp3) is 0.538. The fourth-order valence-corrected chi connectivity index (χ4v) is 2.22. The van der Waals surface area contributed by atoms with Crippen molar-refractivity contribution < 1.29 is 5.11 Å². The van der Waals surface area contributed by atoms with Gasteiger partial charge in [-0.15, -0.1) is 0 Å². The summed E-state index contributed by atoms with van der Waals surface area (Å²) in [5.41, 5.74) is 2.35. The molecule has 82 valence electrons. The molecule has 2 heteroatoms. The molecule has 0 spiro atoms. The summed E-state index contributed by atoms with van der Waals surface area (Å²) < 4.78 is 0. The van der Waals surface area contributed by atoms with Crippen LogP contribution in [-0.2, 0) is 13.2 Å². The molecule has 1 saturated heterocycles. The number of hydrogen-bond acceptors (Lipinski definition) is 2. The van der Waals surface area contributed by atoms with E-state index >= 15 is 0 Å². The van der Waals surface area contributed by atoms with Gasteiger partial charge in [0.1, 0.15) is 0 Å². The van der Waals surface area contributed by atoms with Crippen LogP contribution < -0.4 is 0 Å². The Bertz CT molecular complexity index is 305. The van der Waals surface area contributed by atoms with Crippen LogP contribution in [0.25, 0.3) is 0 Å². The highest BCUT2D eigenvalue weighted by molar-refractivity contribution is 5.26. The molecule has 1 fully saturated rings. The summed E-state index contributed by atoms with van der Waals surface area (Å²) in [4.78, 5) is 2.48. The minimum atomic E-state index is 0.157. The second kappa shape index (κ2) is 5.29. The molecular weight excluding hydrogens is 186 g/mol. The Morgan fingerprint density at radius 1 is 1.00 bits per heavy atom. The number of rotatable bonds is 3. The molecule has 0 bridgehead atoms. The number of benzene rings is 1. The van der Waals surface area contributed by atoms with Gasteiger partial charge in [-0.05, 0) is 37.1 Å². The van der Waals surface area contributed by atoms with Gasteiger partial charge in [0.05, 0.1) is 6.61 Å². The van der Waals surface area contributed by atoms with Crippen molar-refractivity contribution in [2.45, 2.75) is 32.4 Å². The van der Waals surface area contributed by atoms with Gasteiger partial charge >= 0.3 is 0 Å². The lowest BCUT2D eigenvalue weighted by Crippen LogP contribution is -2.29. The molecular formula is C13H19NO. The van der Waals surface area contributed by atoms with Gasteiger partial charge in [-0.3, -0.25) is 4.90 Å². The Labute approximate surface area is 91.5 Å². The summed E-state index contributed by atoms with van der Waals surface area (Å²) in [5.74, 6) is 0. The average Bonchev–Trinajstić information content (AvgIpc) is 2.31. The first-order valence-corrected chi connectivity index (χ1v) is 5.80. The van der Waals surface area contributed by atoms with Crippen LogP contribution in [0.3, 0.4) is 0 Å². The van der Waals surface area contributed by atoms with E-state index in [0.717, 1.165) is 12.1 Å². The highest BCUT2D eigenvalue weighted by Gasteiger charge is 2.11. The van der Waals surface area contributed by atoms with Crippen LogP contribution in [0.1, 0.15) is 30.4 Å². The van der Waals surface area contributed by atoms with E-state index in [4.69, 9.17) is 0 Å². The molecule has 2 nitrogen and oxygen atoms in total. The first kappa shape index (κ1) is 10.7. The van der Waals surface area contributed by atoms with Crippen molar-refractivity contribution in [2.24, 2.45) is 0 Å². The van der Waals surface area contributed by atoms with Crippen molar-refractivity contribution in [1.29, 1.82) is 0 Å². The van der Waals surface area contributed by atoms with Gasteiger partial charge in [-0.1, -0.05) is 30.7 Å². The van der Waals surface area contributed by atoms with Gasteiger partial charge in [0, 0.05) is 6.54 Å². The second-order valence-corrected chi connectivity index (χ2v) is 4.26. The molecule has 0 unspecified atom stereocenters. The molecule has 0 atom stereocenters. The van der Waals surface area contributed by atoms with Gasteiger partial charge in [0.25, 0.3) is 0 Å². The molecule has 15 heavy (non-hydrogen) atoms. The van der Waals surface area contributed by atoms with E-state index in [2.05, 4.69) is 17.0 Å². The standard InChI is InChI=1S/C13H19NO/c15-11-13-7-3-2-6-12(13)10-14-8-4-1-5-9-14/h2-3,6-7,15H,1,4-5,8-11H2. The molecule has 2 rings (SSSR count). The van der Waals surface area contributed by atoms with Crippen LogP contribution in [0.15, 0.2) is 24.3 Å². The predicted octanol–water partition coefficient (Wildman–Crippen LogP) is 2.16. The maximum atomic E-state index is 9.23. The molecule has 1 heterocycles. The van der Waals surface area contributed by atoms with Crippen LogP contribution in [0.2, 0.25) is 0 Å². The highest BCUT2D eigenvalue weighted by atomic mass is 16.3. The summed E-state index contributed by atoms with van der Waals surface area (Å²) in [6.45, 7) is 3.57. The van der Waals surface area contributed by atoms with E-state index in [1.54, 1.807) is 0 Å². The fourth-order valence-electron chi connectivity index (χ4n) is 2.22. The third-order valence-electron chi connectivity index (χ3n) is 3.13. The van der Waals surface area contributed by atoms with Gasteiger partial charge in [0.15, 0.2) is 0 Å². The molecule has 0 amide bonds. The van der Waals surface area contributed by atoms with Crippen molar-refractivity contribution in [3.05, 3.63) is 35.4 Å². The highest BCUT2D eigenvalue weighted by Crippen LogP contribution is 2.15. The quantitative estimate of drug-likeness (QED) is 0.817. The Hall–Kier alpha value is -0.860. The summed E-state index contributed by atoms with van der Waals surface area (Å²) in [5, 5.41) is 9.23. The Morgan fingerprint density at radius 2 is 1.67 bits per heavy atom. The Morgan fingerprint density at radius 3 is 2.33 bits per heavy atom. The molecule has 0 saturated carbocycles. The molecule has 0 aromatic heterocycles. The van der Waals surface area contributed by atoms with Gasteiger partial charge in [-0.25, -0.2) is 0 Å². The third kappa shape index (κ3) is 2.80. The lowest BCUT2D eigenvalue weighted by atomic mass is 10.1. The van der Waals surface area contributed by atoms with Crippen molar-refractivity contribution >= 4 is 0 Å². The zero-order valence-corrected chi connectivity index (χ0v) is 9.15. The van der Waals surface area contributed by atoms with Crippen LogP contribution in [0.4, 0.5) is 0 Å². The Kier molecular flexibility index (Phi) is 3.75. The van der Waals surface area contributed by atoms with E-state index < -0.39 is 0 Å². The number of hydrogen-bond donors (Lipinski definition) is 1. The summed E-state index contributed by atoms with van der Waals surface area (Å²) in [7, 11) is 0. The SMILES string of the molecule is OCc1ccccc1CN1CCCCC1. The number of piperidine rings is 1. The van der Waals surface area contributed by atoms with E-state index in [9.17, 15) is 5.11 Å². The van der Waals surface area contributed by atoms with Gasteiger partial charge < -0.3 is 5.11 Å². The smallest absolute Gasteiger partial charge is 0.0685 e. The maximum Gasteiger partial charge on any atom is 0.0685 e. The van der Waals surface area contributed by atoms with Crippen molar-refractivity contribution in [3.8, 4) is 0 Å². The minimum Gasteiger partial charge on any atom is -0.392 e. The molecule has 1 N–H and O–H groups in total. The summed E-state index contributed by atoms with van der Waals surface area (Å²) in [6, 6.07) is 8.18. The zero-order valence-electron chi connectivity index (χ0n) is 9.15. The number of aliphatic hydroxyl groups is 1. The molecule has 0 radical (unpaired) electrons. The molecule has 0 aliphatic carbocycles. The lowest BCUT2D eigenvalue weighted by Gasteiger charge is -2.27. The van der Waals surface area contributed by atoms with Crippen molar-refractivity contribution in [3.63, 3.8) is 0 Å². The van der Waals surface area contributed by atoms with Gasteiger partial charge in [0.2, 0.25) is 0 Å². The molecule has 1 aromatic rings. The minimum absolute atomic E-state index is 0.157. The van der Waals surface area contributed by atoms with Gasteiger partial charge in [-0.2, -0.15) is 0 Å². The largest absolute Gasteiger partial charge is 0.392 e. The van der Waals surface area contributed by atoms with E-state index in [1.807, 2.05) is 12.1 Å². The summed E-state index contributed by atoms with van der Waals surface area (Å²) in [6.07, 6.45) is 4.01. The summed E-state index contributed by atoms with van der Waals surface area (Å²) >= 11 is 0. The Balaban J connectivity index is 2.02. The molecule has 1 aliphatic rings. The first-order chi connectivity index (χ1) is 7.40. The van der Waals surface area contributed by atoms with Crippen LogP contribution in [0.5, 0.6) is 0 Å². The average molecular weight is 205 g/mol. The number of likely N-dealkylation sites (tertiary alicyclic amines) is 1. The number of nitrogens with zero attached hydrogens (tertiary/aromatic N) is 1. The first-order valence-electron chi connectivity index (χ1n) is 5.80. The molecule has 1 aliphatic heterocycles. The zero-order chi connectivity index (χ0) is 10.5. The number of aliphatic hydroxyl groups excluding tert-OH is 1. The van der Waals surface area contributed by atoms with Crippen molar-refractivity contribution in [2.75, 3.05) is 13.1 Å². The predicted molar refractivity (Wildman–Crippen MR) is 61.5 cm³/mol. The van der Waals surface area contributed by atoms with E-state index in [1.165, 1.54) is 37.9 Å². The van der Waals surface area contributed by atoms with E-state index in [-0.39, 0.29) is 6.61 Å². The normalized spacial score (nSPS) is 17.9. The third-order valence-corrected chi connectivity index (χ3v) is 3.13. The maximum absolute atomic E-state index is 9.23. The van der Waals surface area contributed by atoms with Crippen molar-refractivity contribution in [1.82, 2.24) is 4.90 Å². The topological polar surface area (TPSA) is 23.5 Å². The van der Waals surface area contributed by atoms with Crippen LogP contribution in [-0.4, -0.2) is 23.1 Å². The van der Waals surface area contributed by atoms with Crippen LogP contribution >= 0.6 is 0 Å². The molecule has 1 aromatic carbocycles. The van der Waals surface area contributed by atoms with Crippen LogP contribution in [0, 0.1) is 0 Å². The van der Waals surface area contributed by atoms with E-state index in [0.29, 0.717) is 0 Å².